The Morgan fingerprint density at radius 3 is 1.89 bits per heavy atom. The first-order chi connectivity index (χ1) is 12.5. The molecule has 0 bridgehead atoms. The quantitative estimate of drug-likeness (QED) is 0.402. The first-order valence-corrected chi connectivity index (χ1v) is 13.0. The van der Waals surface area contributed by atoms with Gasteiger partial charge in [-0.05, 0) is 36.8 Å². The summed E-state index contributed by atoms with van der Waals surface area (Å²) in [7, 11) is -1.72. The number of nitrogens with zero attached hydrogens (tertiary/aromatic N) is 1. The molecular formula is C25H35NSi. The summed E-state index contributed by atoms with van der Waals surface area (Å²) in [4.78, 5) is 5.02. The zero-order chi connectivity index (χ0) is 20.1. The molecular weight excluding hydrogens is 342 g/mol. The topological polar surface area (TPSA) is 12.4 Å². The molecule has 2 aromatic carbocycles. The maximum Gasteiger partial charge on any atom is 0.104 e. The minimum Gasteiger partial charge on any atom is -0.287 e. The number of allylic oxidation sites excluding steroid dienone is 1. The molecule has 0 saturated heterocycles. The first kappa shape index (κ1) is 21.4. The zero-order valence-electron chi connectivity index (χ0n) is 18.1. The van der Waals surface area contributed by atoms with Crippen LogP contribution in [-0.2, 0) is 0 Å². The second-order valence-corrected chi connectivity index (χ2v) is 14.2. The Hall–Kier alpha value is -1.93. The highest BCUT2D eigenvalue weighted by Gasteiger charge is 2.25. The van der Waals surface area contributed by atoms with Gasteiger partial charge in [0.15, 0.2) is 0 Å². The van der Waals surface area contributed by atoms with Crippen molar-refractivity contribution in [3.8, 4) is 0 Å². The third-order valence-electron chi connectivity index (χ3n) is 4.66. The average Bonchev–Trinajstić information content (AvgIpc) is 2.58. The van der Waals surface area contributed by atoms with Crippen LogP contribution in [0.3, 0.4) is 0 Å². The lowest BCUT2D eigenvalue weighted by Crippen LogP contribution is -2.39. The van der Waals surface area contributed by atoms with Crippen LogP contribution in [0.1, 0.15) is 46.6 Å². The standard InChI is InChI=1S/C25H35NSi/c1-24(2,3)20-25(4,5)26-18-22(21-14-10-8-11-15-21)19-27(6,7)23-16-12-9-13-17-23/h8-19H,20H2,1-7H3/b22-19+,26-18?. The lowest BCUT2D eigenvalue weighted by atomic mass is 9.82. The molecule has 2 rings (SSSR count). The van der Waals surface area contributed by atoms with Crippen molar-refractivity contribution in [2.24, 2.45) is 10.4 Å². The molecule has 0 amide bonds. The van der Waals surface area contributed by atoms with Crippen LogP contribution >= 0.6 is 0 Å². The average molecular weight is 378 g/mol. The molecule has 0 atom stereocenters. The maximum atomic E-state index is 5.02. The lowest BCUT2D eigenvalue weighted by Gasteiger charge is -2.29. The van der Waals surface area contributed by atoms with E-state index < -0.39 is 8.07 Å². The fourth-order valence-electron chi connectivity index (χ4n) is 3.75. The normalized spacial score (nSPS) is 14.0. The number of benzene rings is 2. The van der Waals surface area contributed by atoms with Gasteiger partial charge in [0.25, 0.3) is 0 Å². The number of aliphatic imine (C=N–C) groups is 1. The van der Waals surface area contributed by atoms with Crippen molar-refractivity contribution in [1.82, 2.24) is 0 Å². The second-order valence-electron chi connectivity index (χ2n) is 9.86. The Labute approximate surface area is 167 Å². The summed E-state index contributed by atoms with van der Waals surface area (Å²) >= 11 is 0. The van der Waals surface area contributed by atoms with Gasteiger partial charge in [-0.1, -0.05) is 105 Å². The van der Waals surface area contributed by atoms with E-state index in [-0.39, 0.29) is 11.0 Å². The fourth-order valence-corrected chi connectivity index (χ4v) is 5.99. The molecule has 0 N–H and O–H groups in total. The highest BCUT2D eigenvalue weighted by molar-refractivity contribution is 6.94. The lowest BCUT2D eigenvalue weighted by molar-refractivity contribution is 0.289. The SMILES string of the molecule is CC(C)(C)CC(C)(C)N=C/C(=C\[Si](C)(C)c1ccccc1)c1ccccc1. The van der Waals surface area contributed by atoms with Gasteiger partial charge < -0.3 is 0 Å². The van der Waals surface area contributed by atoms with Crippen molar-refractivity contribution in [3.63, 3.8) is 0 Å². The molecule has 0 aliphatic rings. The Bertz CT molecular complexity index is 778. The van der Waals surface area contributed by atoms with Crippen LogP contribution in [0.5, 0.6) is 0 Å². The zero-order valence-corrected chi connectivity index (χ0v) is 19.1. The molecule has 0 heterocycles. The molecule has 2 aromatic rings. The van der Waals surface area contributed by atoms with E-state index in [1.807, 2.05) is 0 Å². The summed E-state index contributed by atoms with van der Waals surface area (Å²) in [5, 5.41) is 1.45. The fraction of sp³-hybridized carbons (Fsp3) is 0.400. The van der Waals surface area contributed by atoms with Crippen LogP contribution < -0.4 is 5.19 Å². The van der Waals surface area contributed by atoms with Gasteiger partial charge in [0.05, 0.1) is 5.54 Å². The van der Waals surface area contributed by atoms with Crippen LogP contribution in [0.15, 0.2) is 71.4 Å². The van der Waals surface area contributed by atoms with Crippen LogP contribution in [0.25, 0.3) is 5.57 Å². The van der Waals surface area contributed by atoms with Crippen molar-refractivity contribution in [2.75, 3.05) is 0 Å². The molecule has 0 aliphatic carbocycles. The van der Waals surface area contributed by atoms with Gasteiger partial charge in [-0.15, -0.1) is 0 Å². The predicted molar refractivity (Wildman–Crippen MR) is 125 cm³/mol. The van der Waals surface area contributed by atoms with Gasteiger partial charge in [-0.3, -0.25) is 4.99 Å². The van der Waals surface area contributed by atoms with E-state index >= 15 is 0 Å². The minimum absolute atomic E-state index is 0.0788. The first-order valence-electron chi connectivity index (χ1n) is 9.88. The maximum absolute atomic E-state index is 5.02. The predicted octanol–water partition coefficient (Wildman–Crippen LogP) is 6.51. The Morgan fingerprint density at radius 2 is 1.37 bits per heavy atom. The van der Waals surface area contributed by atoms with E-state index in [4.69, 9.17) is 4.99 Å². The van der Waals surface area contributed by atoms with E-state index in [0.29, 0.717) is 0 Å². The Morgan fingerprint density at radius 1 is 0.852 bits per heavy atom. The summed E-state index contributed by atoms with van der Waals surface area (Å²) in [5.41, 5.74) is 5.14. The van der Waals surface area contributed by atoms with E-state index in [1.165, 1.54) is 16.3 Å². The smallest absolute Gasteiger partial charge is 0.104 e. The van der Waals surface area contributed by atoms with Crippen molar-refractivity contribution >= 4 is 25.0 Å². The molecule has 1 nitrogen and oxygen atoms in total. The van der Waals surface area contributed by atoms with E-state index in [9.17, 15) is 0 Å². The van der Waals surface area contributed by atoms with Gasteiger partial charge >= 0.3 is 0 Å². The molecule has 2 heteroatoms. The van der Waals surface area contributed by atoms with Crippen molar-refractivity contribution in [2.45, 2.75) is 59.7 Å². The van der Waals surface area contributed by atoms with Gasteiger partial charge in [0.1, 0.15) is 8.07 Å². The van der Waals surface area contributed by atoms with Crippen molar-refractivity contribution < 1.29 is 0 Å². The van der Waals surface area contributed by atoms with Crippen LogP contribution in [0.4, 0.5) is 0 Å². The highest BCUT2D eigenvalue weighted by Crippen LogP contribution is 2.30. The molecule has 0 spiro atoms. The molecule has 27 heavy (non-hydrogen) atoms. The Kier molecular flexibility index (Phi) is 6.64. The van der Waals surface area contributed by atoms with E-state index in [1.54, 1.807) is 0 Å². The van der Waals surface area contributed by atoms with Gasteiger partial charge in [-0.2, -0.15) is 0 Å². The number of hydrogen-bond donors (Lipinski definition) is 0. The molecule has 0 aromatic heterocycles. The third-order valence-corrected chi connectivity index (χ3v) is 7.51. The van der Waals surface area contributed by atoms with Crippen LogP contribution in [0.2, 0.25) is 13.1 Å². The second kappa shape index (κ2) is 8.39. The van der Waals surface area contributed by atoms with Gasteiger partial charge in [0, 0.05) is 6.21 Å². The Balaban J connectivity index is 2.43. The summed E-state index contributed by atoms with van der Waals surface area (Å²) in [5.74, 6) is 0. The largest absolute Gasteiger partial charge is 0.287 e. The van der Waals surface area contributed by atoms with Crippen LogP contribution in [0, 0.1) is 5.41 Å². The molecule has 0 unspecified atom stereocenters. The highest BCUT2D eigenvalue weighted by atomic mass is 28.3. The van der Waals surface area contributed by atoms with Gasteiger partial charge in [-0.25, -0.2) is 0 Å². The summed E-state index contributed by atoms with van der Waals surface area (Å²) in [6.07, 6.45) is 3.16. The molecule has 0 aliphatic heterocycles. The van der Waals surface area contributed by atoms with Gasteiger partial charge in [0.2, 0.25) is 0 Å². The molecule has 0 fully saturated rings. The molecule has 144 valence electrons. The molecule has 0 saturated carbocycles. The minimum atomic E-state index is -1.72. The van der Waals surface area contributed by atoms with Crippen molar-refractivity contribution in [1.29, 1.82) is 0 Å². The van der Waals surface area contributed by atoms with Crippen LogP contribution in [-0.4, -0.2) is 19.8 Å². The van der Waals surface area contributed by atoms with E-state index in [0.717, 1.165) is 6.42 Å². The monoisotopic (exact) mass is 377 g/mol. The number of rotatable bonds is 6. The summed E-state index contributed by atoms with van der Waals surface area (Å²) in [6, 6.07) is 21.5. The summed E-state index contributed by atoms with van der Waals surface area (Å²) in [6.45, 7) is 16.1. The molecule has 0 radical (unpaired) electrons. The van der Waals surface area contributed by atoms with Crippen molar-refractivity contribution in [3.05, 3.63) is 71.9 Å². The number of hydrogen-bond acceptors (Lipinski definition) is 1. The summed E-state index contributed by atoms with van der Waals surface area (Å²) < 4.78 is 0. The van der Waals surface area contributed by atoms with E-state index in [2.05, 4.69) is 120 Å². The third kappa shape index (κ3) is 6.95.